The van der Waals surface area contributed by atoms with E-state index in [0.717, 1.165) is 10.6 Å². The van der Waals surface area contributed by atoms with Gasteiger partial charge in [-0.15, -0.1) is 11.3 Å². The van der Waals surface area contributed by atoms with Crippen LogP contribution in [0.5, 0.6) is 0 Å². The number of carbonyl (C=O) groups is 2. The summed E-state index contributed by atoms with van der Waals surface area (Å²) in [4.78, 5) is 27.6. The van der Waals surface area contributed by atoms with Crippen molar-refractivity contribution in [3.63, 3.8) is 0 Å². The van der Waals surface area contributed by atoms with Gasteiger partial charge < -0.3 is 0 Å². The van der Waals surface area contributed by atoms with Crippen molar-refractivity contribution in [2.75, 3.05) is 12.0 Å². The topological polar surface area (TPSA) is 61.4 Å². The Morgan fingerprint density at radius 3 is 2.73 bits per heavy atom. The third-order valence-corrected chi connectivity index (χ3v) is 5.79. The molecular formula is C18H17N3O2S3. The van der Waals surface area contributed by atoms with Crippen molar-refractivity contribution >= 4 is 63.2 Å². The van der Waals surface area contributed by atoms with Gasteiger partial charge in [0, 0.05) is 17.8 Å². The first-order valence-corrected chi connectivity index (χ1v) is 10.1. The zero-order chi connectivity index (χ0) is 18.4. The van der Waals surface area contributed by atoms with Crippen LogP contribution in [-0.4, -0.2) is 27.6 Å². The highest BCUT2D eigenvalue weighted by Gasteiger charge is 2.31. The lowest BCUT2D eigenvalue weighted by Gasteiger charge is -2.14. The first-order valence-electron chi connectivity index (χ1n) is 8.02. The number of thioether (sulfide) groups is 1. The standard InChI is InChI=1S/C18H17N3O2S3/c22-16(20-19-13-6-2-1-3-7-13)9-4-10-21-17(23)15(26-18(21)24)12-14-8-5-11-25-14/h1-3,5-8,11-12,19H,4,9-10H2,(H,20,22). The smallest absolute Gasteiger partial charge is 0.266 e. The number of rotatable bonds is 7. The van der Waals surface area contributed by atoms with E-state index < -0.39 is 0 Å². The Kier molecular flexibility index (Phi) is 6.43. The molecule has 2 heterocycles. The van der Waals surface area contributed by atoms with Crippen LogP contribution in [0.2, 0.25) is 0 Å². The Balaban J connectivity index is 1.45. The molecule has 0 saturated carbocycles. The molecule has 26 heavy (non-hydrogen) atoms. The monoisotopic (exact) mass is 403 g/mol. The highest BCUT2D eigenvalue weighted by molar-refractivity contribution is 8.26. The fourth-order valence-corrected chi connectivity index (χ4v) is 4.35. The van der Waals surface area contributed by atoms with Gasteiger partial charge >= 0.3 is 0 Å². The molecule has 2 N–H and O–H groups in total. The Bertz CT molecular complexity index is 819. The van der Waals surface area contributed by atoms with Crippen molar-refractivity contribution in [3.8, 4) is 0 Å². The number of para-hydroxylation sites is 1. The van der Waals surface area contributed by atoms with Crippen LogP contribution in [0.15, 0.2) is 52.7 Å². The molecule has 1 aromatic heterocycles. The van der Waals surface area contributed by atoms with Gasteiger partial charge in [0.15, 0.2) is 0 Å². The summed E-state index contributed by atoms with van der Waals surface area (Å²) in [5.74, 6) is -0.218. The summed E-state index contributed by atoms with van der Waals surface area (Å²) in [5.41, 5.74) is 6.32. The molecule has 0 atom stereocenters. The lowest BCUT2D eigenvalue weighted by molar-refractivity contribution is -0.123. The third kappa shape index (κ3) is 4.94. The van der Waals surface area contributed by atoms with Crippen molar-refractivity contribution in [1.29, 1.82) is 0 Å². The van der Waals surface area contributed by atoms with Gasteiger partial charge in [0.05, 0.1) is 10.6 Å². The van der Waals surface area contributed by atoms with Gasteiger partial charge in [-0.2, -0.15) is 0 Å². The second-order valence-electron chi connectivity index (χ2n) is 5.49. The highest BCUT2D eigenvalue weighted by atomic mass is 32.2. The Morgan fingerprint density at radius 1 is 1.19 bits per heavy atom. The van der Waals surface area contributed by atoms with Crippen molar-refractivity contribution in [2.24, 2.45) is 0 Å². The lowest BCUT2D eigenvalue weighted by atomic mass is 10.3. The molecule has 2 aromatic rings. The van der Waals surface area contributed by atoms with E-state index in [1.807, 2.05) is 53.9 Å². The molecule has 1 aromatic carbocycles. The number of thiophene rings is 1. The van der Waals surface area contributed by atoms with Crippen LogP contribution in [0.25, 0.3) is 6.08 Å². The van der Waals surface area contributed by atoms with E-state index >= 15 is 0 Å². The van der Waals surface area contributed by atoms with Crippen LogP contribution in [0.3, 0.4) is 0 Å². The maximum Gasteiger partial charge on any atom is 0.266 e. The molecule has 0 spiro atoms. The summed E-state index contributed by atoms with van der Waals surface area (Å²) in [6, 6.07) is 13.3. The summed E-state index contributed by atoms with van der Waals surface area (Å²) in [5, 5.41) is 1.97. The number of anilines is 1. The molecule has 3 rings (SSSR count). The van der Waals surface area contributed by atoms with Gasteiger partial charge in [0.25, 0.3) is 5.91 Å². The summed E-state index contributed by atoms with van der Waals surface area (Å²) >= 11 is 8.19. The highest BCUT2D eigenvalue weighted by Crippen LogP contribution is 2.33. The van der Waals surface area contributed by atoms with E-state index in [2.05, 4.69) is 10.9 Å². The number of hydrogen-bond donors (Lipinski definition) is 2. The quantitative estimate of drug-likeness (QED) is 0.417. The normalized spacial score (nSPS) is 15.5. The first-order chi connectivity index (χ1) is 12.6. The summed E-state index contributed by atoms with van der Waals surface area (Å²) in [6.45, 7) is 0.436. The fourth-order valence-electron chi connectivity index (χ4n) is 2.32. The van der Waals surface area contributed by atoms with Gasteiger partial charge in [0.2, 0.25) is 5.91 Å². The van der Waals surface area contributed by atoms with Crippen LogP contribution >= 0.6 is 35.3 Å². The average Bonchev–Trinajstić information content (AvgIpc) is 3.24. The molecule has 1 aliphatic heterocycles. The van der Waals surface area contributed by atoms with Crippen LogP contribution in [0, 0.1) is 0 Å². The number of nitrogens with one attached hydrogen (secondary N) is 2. The van der Waals surface area contributed by atoms with E-state index in [0.29, 0.717) is 28.6 Å². The largest absolute Gasteiger partial charge is 0.299 e. The van der Waals surface area contributed by atoms with Gasteiger partial charge in [0.1, 0.15) is 4.32 Å². The summed E-state index contributed by atoms with van der Waals surface area (Å²) in [7, 11) is 0. The third-order valence-electron chi connectivity index (χ3n) is 3.60. The van der Waals surface area contributed by atoms with Gasteiger partial charge in [-0.3, -0.25) is 25.3 Å². The second-order valence-corrected chi connectivity index (χ2v) is 8.15. The molecular weight excluding hydrogens is 386 g/mol. The number of hydrazine groups is 1. The van der Waals surface area contributed by atoms with Crippen molar-refractivity contribution in [1.82, 2.24) is 10.3 Å². The van der Waals surface area contributed by atoms with Crippen LogP contribution in [-0.2, 0) is 9.59 Å². The lowest BCUT2D eigenvalue weighted by Crippen LogP contribution is -2.32. The molecule has 134 valence electrons. The Hall–Kier alpha value is -2.16. The molecule has 5 nitrogen and oxygen atoms in total. The molecule has 0 radical (unpaired) electrons. The zero-order valence-corrected chi connectivity index (χ0v) is 16.3. The van der Waals surface area contributed by atoms with E-state index in [1.54, 1.807) is 16.2 Å². The minimum Gasteiger partial charge on any atom is -0.299 e. The van der Waals surface area contributed by atoms with Gasteiger partial charge in [-0.1, -0.05) is 48.2 Å². The van der Waals surface area contributed by atoms with Crippen molar-refractivity contribution < 1.29 is 9.59 Å². The first kappa shape index (κ1) is 18.6. The molecule has 8 heteroatoms. The van der Waals surface area contributed by atoms with Crippen molar-refractivity contribution in [3.05, 3.63) is 57.6 Å². The molecule has 1 saturated heterocycles. The Labute approximate surface area is 165 Å². The summed E-state index contributed by atoms with van der Waals surface area (Å²) < 4.78 is 0.542. The van der Waals surface area contributed by atoms with E-state index in [1.165, 1.54) is 11.8 Å². The van der Waals surface area contributed by atoms with E-state index in [-0.39, 0.29) is 11.8 Å². The van der Waals surface area contributed by atoms with Crippen molar-refractivity contribution in [2.45, 2.75) is 12.8 Å². The summed E-state index contributed by atoms with van der Waals surface area (Å²) in [6.07, 6.45) is 2.71. The minimum absolute atomic E-state index is 0.0868. The van der Waals surface area contributed by atoms with E-state index in [4.69, 9.17) is 12.2 Å². The number of carbonyl (C=O) groups excluding carboxylic acids is 2. The second kappa shape index (κ2) is 8.98. The molecule has 0 unspecified atom stereocenters. The zero-order valence-electron chi connectivity index (χ0n) is 13.8. The van der Waals surface area contributed by atoms with Gasteiger partial charge in [-0.05, 0) is 36.1 Å². The number of thiocarbonyl (C=S) groups is 1. The number of nitrogens with zero attached hydrogens (tertiary/aromatic N) is 1. The maximum atomic E-state index is 12.5. The Morgan fingerprint density at radius 2 is 2.00 bits per heavy atom. The van der Waals surface area contributed by atoms with Crippen LogP contribution in [0.4, 0.5) is 5.69 Å². The van der Waals surface area contributed by atoms with Crippen LogP contribution in [0.1, 0.15) is 17.7 Å². The number of amides is 2. The van der Waals surface area contributed by atoms with Gasteiger partial charge in [-0.25, -0.2) is 0 Å². The minimum atomic E-state index is -0.131. The average molecular weight is 404 g/mol. The van der Waals surface area contributed by atoms with Crippen LogP contribution < -0.4 is 10.9 Å². The molecule has 0 bridgehead atoms. The molecule has 1 aliphatic rings. The fraction of sp³-hybridized carbons (Fsp3) is 0.167. The number of benzene rings is 1. The predicted molar refractivity (Wildman–Crippen MR) is 112 cm³/mol. The maximum absolute atomic E-state index is 12.5. The molecule has 2 amide bonds. The SMILES string of the molecule is O=C(CCCN1C(=O)C(=Cc2cccs2)SC1=S)NNc1ccccc1. The predicted octanol–water partition coefficient (Wildman–Crippen LogP) is 3.87. The van der Waals surface area contributed by atoms with E-state index in [9.17, 15) is 9.59 Å². The molecule has 0 aliphatic carbocycles. The molecule has 1 fully saturated rings. The number of hydrogen-bond acceptors (Lipinski definition) is 6.